The molecule has 7 heteroatoms. The van der Waals surface area contributed by atoms with Crippen molar-refractivity contribution in [3.05, 3.63) is 23.9 Å². The molecule has 0 radical (unpaired) electrons. The molecule has 27 heavy (non-hydrogen) atoms. The Kier molecular flexibility index (Phi) is 10.4. The second-order valence-corrected chi connectivity index (χ2v) is 7.40. The molecule has 1 saturated heterocycles. The normalized spacial score (nSPS) is 20.5. The Labute approximate surface area is 182 Å². The first kappa shape index (κ1) is 23.9. The van der Waals surface area contributed by atoms with Gasteiger partial charge < -0.3 is 15.5 Å². The zero-order chi connectivity index (χ0) is 19.1. The van der Waals surface area contributed by atoms with Crippen LogP contribution >= 0.6 is 24.0 Å². The quantitative estimate of drug-likeness (QED) is 0.351. The summed E-state index contributed by atoms with van der Waals surface area (Å²) in [7, 11) is 1.83. The standard InChI is InChI=1S/C20H36N6.HI/c1-7-25(8-2)19-10-9-17(11-22-19)12-23-20(21-6)24-18-14-26(15(3)4)13-16(18)5;/h9-11,15-16,18H,7-8,12-14H2,1-6H3,(H2,21,23,24);1H. The summed E-state index contributed by atoms with van der Waals surface area (Å²) in [5, 5.41) is 7.01. The van der Waals surface area contributed by atoms with E-state index in [-0.39, 0.29) is 24.0 Å². The molecule has 6 nitrogen and oxygen atoms in total. The van der Waals surface area contributed by atoms with E-state index < -0.39 is 0 Å². The minimum atomic E-state index is 0. The van der Waals surface area contributed by atoms with E-state index >= 15 is 0 Å². The molecule has 1 fully saturated rings. The van der Waals surface area contributed by atoms with Gasteiger partial charge in [0.1, 0.15) is 5.82 Å². The molecule has 0 aliphatic carbocycles. The third-order valence-corrected chi connectivity index (χ3v) is 5.27. The van der Waals surface area contributed by atoms with Gasteiger partial charge in [0.05, 0.1) is 0 Å². The summed E-state index contributed by atoms with van der Waals surface area (Å²) in [6.07, 6.45) is 1.95. The Hall–Kier alpha value is -1.09. The lowest BCUT2D eigenvalue weighted by Crippen LogP contribution is -2.46. The summed E-state index contributed by atoms with van der Waals surface area (Å²) in [5.74, 6) is 2.51. The fourth-order valence-corrected chi connectivity index (χ4v) is 3.43. The second kappa shape index (κ2) is 11.7. The fraction of sp³-hybridized carbons (Fsp3) is 0.700. The highest BCUT2D eigenvalue weighted by Gasteiger charge is 2.31. The van der Waals surface area contributed by atoms with E-state index in [2.05, 4.69) is 77.2 Å². The van der Waals surface area contributed by atoms with Gasteiger partial charge >= 0.3 is 0 Å². The fourth-order valence-electron chi connectivity index (χ4n) is 3.43. The Morgan fingerprint density at radius 3 is 2.48 bits per heavy atom. The lowest BCUT2D eigenvalue weighted by atomic mass is 10.1. The van der Waals surface area contributed by atoms with Crippen LogP contribution in [-0.2, 0) is 6.54 Å². The molecule has 1 aromatic rings. The average Bonchev–Trinajstić information content (AvgIpc) is 3.01. The van der Waals surface area contributed by atoms with Crippen LogP contribution in [0.25, 0.3) is 0 Å². The number of rotatable bonds is 7. The van der Waals surface area contributed by atoms with Crippen LogP contribution < -0.4 is 15.5 Å². The maximum Gasteiger partial charge on any atom is 0.191 e. The SMILES string of the molecule is CCN(CC)c1ccc(CNC(=NC)NC2CN(C(C)C)CC2C)cn1.I. The van der Waals surface area contributed by atoms with E-state index in [0.717, 1.165) is 50.1 Å². The number of aromatic nitrogens is 1. The molecule has 0 aromatic carbocycles. The molecule has 1 aliphatic rings. The molecule has 0 saturated carbocycles. The zero-order valence-electron chi connectivity index (χ0n) is 17.7. The molecule has 154 valence electrons. The largest absolute Gasteiger partial charge is 0.357 e. The summed E-state index contributed by atoms with van der Waals surface area (Å²) in [6, 6.07) is 5.26. The predicted molar refractivity (Wildman–Crippen MR) is 126 cm³/mol. The molecular formula is C20H37IN6. The summed E-state index contributed by atoms with van der Waals surface area (Å²) in [5.41, 5.74) is 1.16. The van der Waals surface area contributed by atoms with Crippen LogP contribution in [-0.4, -0.2) is 61.2 Å². The van der Waals surface area contributed by atoms with E-state index in [1.807, 2.05) is 13.2 Å². The smallest absolute Gasteiger partial charge is 0.191 e. The van der Waals surface area contributed by atoms with Crippen molar-refractivity contribution in [1.82, 2.24) is 20.5 Å². The van der Waals surface area contributed by atoms with Crippen LogP contribution in [0, 0.1) is 5.92 Å². The van der Waals surface area contributed by atoms with Crippen LogP contribution in [0.3, 0.4) is 0 Å². The van der Waals surface area contributed by atoms with Gasteiger partial charge in [-0.05, 0) is 45.2 Å². The van der Waals surface area contributed by atoms with Gasteiger partial charge in [-0.3, -0.25) is 9.89 Å². The molecule has 2 atom stereocenters. The van der Waals surface area contributed by atoms with E-state index in [1.54, 1.807) is 0 Å². The third-order valence-electron chi connectivity index (χ3n) is 5.27. The number of guanidine groups is 1. The molecule has 1 aromatic heterocycles. The number of halogens is 1. The van der Waals surface area contributed by atoms with Crippen LogP contribution in [0.5, 0.6) is 0 Å². The van der Waals surface area contributed by atoms with Gasteiger partial charge in [0.2, 0.25) is 0 Å². The van der Waals surface area contributed by atoms with E-state index in [9.17, 15) is 0 Å². The highest BCUT2D eigenvalue weighted by molar-refractivity contribution is 14.0. The molecule has 1 aliphatic heterocycles. The van der Waals surface area contributed by atoms with E-state index in [1.165, 1.54) is 0 Å². The van der Waals surface area contributed by atoms with Gasteiger partial charge in [-0.2, -0.15) is 0 Å². The van der Waals surface area contributed by atoms with Crippen molar-refractivity contribution in [3.8, 4) is 0 Å². The first-order valence-corrected chi connectivity index (χ1v) is 9.89. The summed E-state index contributed by atoms with van der Waals surface area (Å²) in [6.45, 7) is 16.0. The topological polar surface area (TPSA) is 55.8 Å². The lowest BCUT2D eigenvalue weighted by molar-refractivity contribution is 0.265. The van der Waals surface area contributed by atoms with Crippen LogP contribution in [0.15, 0.2) is 23.3 Å². The summed E-state index contributed by atoms with van der Waals surface area (Å²) >= 11 is 0. The summed E-state index contributed by atoms with van der Waals surface area (Å²) < 4.78 is 0. The van der Waals surface area contributed by atoms with Crippen molar-refractivity contribution < 1.29 is 0 Å². The third kappa shape index (κ3) is 6.78. The maximum absolute atomic E-state index is 4.59. The van der Waals surface area contributed by atoms with E-state index in [0.29, 0.717) is 18.0 Å². The van der Waals surface area contributed by atoms with Crippen LogP contribution in [0.2, 0.25) is 0 Å². The minimum Gasteiger partial charge on any atom is -0.357 e. The van der Waals surface area contributed by atoms with Crippen LogP contribution in [0.1, 0.15) is 40.2 Å². The molecule has 2 unspecified atom stereocenters. The van der Waals surface area contributed by atoms with Gasteiger partial charge in [0.15, 0.2) is 5.96 Å². The number of likely N-dealkylation sites (tertiary alicyclic amines) is 1. The molecule has 0 spiro atoms. The van der Waals surface area contributed by atoms with Crippen molar-refractivity contribution >= 4 is 35.8 Å². The maximum atomic E-state index is 4.59. The van der Waals surface area contributed by atoms with Gasteiger partial charge in [-0.15, -0.1) is 24.0 Å². The molecule has 0 bridgehead atoms. The number of aliphatic imine (C=N–C) groups is 1. The van der Waals surface area contributed by atoms with Gasteiger partial charge in [-0.25, -0.2) is 4.98 Å². The number of pyridine rings is 1. The lowest BCUT2D eigenvalue weighted by Gasteiger charge is -2.22. The number of nitrogens with zero attached hydrogens (tertiary/aromatic N) is 4. The van der Waals surface area contributed by atoms with E-state index in [4.69, 9.17) is 0 Å². The van der Waals surface area contributed by atoms with Crippen molar-refractivity contribution in [1.29, 1.82) is 0 Å². The first-order chi connectivity index (χ1) is 12.5. The van der Waals surface area contributed by atoms with Gasteiger partial charge in [0.25, 0.3) is 0 Å². The van der Waals surface area contributed by atoms with Crippen LogP contribution in [0.4, 0.5) is 5.82 Å². The average molecular weight is 488 g/mol. The minimum absolute atomic E-state index is 0. The first-order valence-electron chi connectivity index (χ1n) is 9.89. The Balaban J connectivity index is 0.00000364. The Morgan fingerprint density at radius 1 is 1.30 bits per heavy atom. The summed E-state index contributed by atoms with van der Waals surface area (Å²) in [4.78, 5) is 13.7. The second-order valence-electron chi connectivity index (χ2n) is 7.40. The molecule has 2 heterocycles. The highest BCUT2D eigenvalue weighted by atomic mass is 127. The van der Waals surface area contributed by atoms with Gasteiger partial charge in [0, 0.05) is 58.1 Å². The van der Waals surface area contributed by atoms with Crippen molar-refractivity contribution in [3.63, 3.8) is 0 Å². The van der Waals surface area contributed by atoms with Crippen molar-refractivity contribution in [2.45, 2.75) is 53.2 Å². The number of hydrogen-bond acceptors (Lipinski definition) is 4. The number of anilines is 1. The monoisotopic (exact) mass is 488 g/mol. The van der Waals surface area contributed by atoms with Crippen molar-refractivity contribution in [2.24, 2.45) is 10.9 Å². The molecule has 2 rings (SSSR count). The number of nitrogens with one attached hydrogen (secondary N) is 2. The zero-order valence-corrected chi connectivity index (χ0v) is 20.0. The van der Waals surface area contributed by atoms with Gasteiger partial charge in [-0.1, -0.05) is 13.0 Å². The molecule has 0 amide bonds. The molecule has 2 N–H and O–H groups in total. The Morgan fingerprint density at radius 2 is 2.00 bits per heavy atom. The van der Waals surface area contributed by atoms with Crippen molar-refractivity contribution in [2.75, 3.05) is 38.1 Å². The number of hydrogen-bond donors (Lipinski definition) is 2. The Bertz CT molecular complexity index is 570. The predicted octanol–water partition coefficient (Wildman–Crippen LogP) is 2.94. The molecular weight excluding hydrogens is 451 g/mol. The highest BCUT2D eigenvalue weighted by Crippen LogP contribution is 2.18.